The van der Waals surface area contributed by atoms with Crippen LogP contribution >= 0.6 is 0 Å². The Labute approximate surface area is 84.0 Å². The number of rotatable bonds is 5. The Bertz CT molecular complexity index is 223. The summed E-state index contributed by atoms with van der Waals surface area (Å²) in [6.07, 6.45) is 4.16. The molecule has 4 heteroatoms. The Kier molecular flexibility index (Phi) is 3.38. The van der Waals surface area contributed by atoms with Crippen LogP contribution in [0.4, 0.5) is 0 Å². The van der Waals surface area contributed by atoms with Crippen LogP contribution in [0.3, 0.4) is 0 Å². The second-order valence-electron chi connectivity index (χ2n) is 3.45. The van der Waals surface area contributed by atoms with Gasteiger partial charge in [-0.15, -0.1) is 0 Å². The molecule has 0 atom stereocenters. The fourth-order valence-electron chi connectivity index (χ4n) is 1.61. The number of unbranched alkanes of at least 4 members (excludes halogenated alkanes) is 1. The first-order valence-electron chi connectivity index (χ1n) is 5.27. The molecule has 0 amide bonds. The van der Waals surface area contributed by atoms with Gasteiger partial charge in [0, 0.05) is 12.8 Å². The zero-order valence-corrected chi connectivity index (χ0v) is 8.37. The van der Waals surface area contributed by atoms with Crippen molar-refractivity contribution in [3.63, 3.8) is 0 Å². The maximum Gasteiger partial charge on any atom is 0.183 e. The van der Waals surface area contributed by atoms with Crippen molar-refractivity contribution in [3.05, 3.63) is 0 Å². The van der Waals surface area contributed by atoms with Crippen LogP contribution in [0.15, 0.2) is 9.98 Å². The number of ether oxygens (including phenoxy) is 2. The normalized spacial score (nSPS) is 20.0. The third kappa shape index (κ3) is 2.72. The molecule has 0 fully saturated rings. The summed E-state index contributed by atoms with van der Waals surface area (Å²) in [6.45, 7) is 3.21. The minimum absolute atomic E-state index is 0.769. The third-order valence-electron chi connectivity index (χ3n) is 2.33. The van der Waals surface area contributed by atoms with Gasteiger partial charge in [0.05, 0.1) is 13.1 Å². The molecule has 2 heterocycles. The van der Waals surface area contributed by atoms with Gasteiger partial charge in [-0.1, -0.05) is 0 Å². The van der Waals surface area contributed by atoms with Crippen LogP contribution in [-0.2, 0) is 9.47 Å². The maximum absolute atomic E-state index is 5.31. The first kappa shape index (κ1) is 9.49. The smallest absolute Gasteiger partial charge is 0.183 e. The molecule has 0 unspecified atom stereocenters. The summed E-state index contributed by atoms with van der Waals surface area (Å²) in [7, 11) is 0. The lowest BCUT2D eigenvalue weighted by atomic mass is 10.2. The summed E-state index contributed by atoms with van der Waals surface area (Å²) >= 11 is 0. The third-order valence-corrected chi connectivity index (χ3v) is 2.33. The standard InChI is InChI=1S/C10H16N2O2/c1(3-9-11-5-7-13-9)2-4-10-12-6-8-14-10/h1-8H2. The molecule has 0 bridgehead atoms. The molecule has 0 aliphatic carbocycles. The van der Waals surface area contributed by atoms with E-state index in [-0.39, 0.29) is 0 Å². The molecule has 14 heavy (non-hydrogen) atoms. The average molecular weight is 196 g/mol. The van der Waals surface area contributed by atoms with Crippen molar-refractivity contribution >= 4 is 11.8 Å². The number of nitrogens with zero attached hydrogens (tertiary/aromatic N) is 2. The average Bonchev–Trinajstić information content (AvgIpc) is 2.86. The molecule has 2 aliphatic rings. The topological polar surface area (TPSA) is 43.2 Å². The highest BCUT2D eigenvalue weighted by Gasteiger charge is 2.09. The molecule has 0 aromatic heterocycles. The molecule has 78 valence electrons. The van der Waals surface area contributed by atoms with Crippen molar-refractivity contribution in [1.29, 1.82) is 0 Å². The van der Waals surface area contributed by atoms with Gasteiger partial charge in [0.2, 0.25) is 0 Å². The van der Waals surface area contributed by atoms with Crippen molar-refractivity contribution in [3.8, 4) is 0 Å². The quantitative estimate of drug-likeness (QED) is 0.624. The summed E-state index contributed by atoms with van der Waals surface area (Å²) in [5, 5.41) is 0. The summed E-state index contributed by atoms with van der Waals surface area (Å²) in [5.41, 5.74) is 0. The van der Waals surface area contributed by atoms with E-state index >= 15 is 0 Å². The Morgan fingerprint density at radius 1 is 0.857 bits per heavy atom. The Morgan fingerprint density at radius 2 is 1.36 bits per heavy atom. The van der Waals surface area contributed by atoms with E-state index < -0.39 is 0 Å². The van der Waals surface area contributed by atoms with E-state index in [0.717, 1.165) is 63.8 Å². The lowest BCUT2D eigenvalue weighted by Gasteiger charge is -2.02. The lowest BCUT2D eigenvalue weighted by Crippen LogP contribution is -2.01. The van der Waals surface area contributed by atoms with E-state index in [1.54, 1.807) is 0 Å². The van der Waals surface area contributed by atoms with Gasteiger partial charge >= 0.3 is 0 Å². The monoisotopic (exact) mass is 196 g/mol. The maximum atomic E-state index is 5.31. The minimum atomic E-state index is 0.769. The molecule has 0 aromatic rings. The highest BCUT2D eigenvalue weighted by Crippen LogP contribution is 2.08. The Morgan fingerprint density at radius 3 is 1.71 bits per heavy atom. The van der Waals surface area contributed by atoms with E-state index in [1.807, 2.05) is 0 Å². The van der Waals surface area contributed by atoms with E-state index in [2.05, 4.69) is 9.98 Å². The second kappa shape index (κ2) is 4.98. The number of hydrogen-bond donors (Lipinski definition) is 0. The van der Waals surface area contributed by atoms with Crippen molar-refractivity contribution in [1.82, 2.24) is 0 Å². The van der Waals surface area contributed by atoms with E-state index in [9.17, 15) is 0 Å². The summed E-state index contributed by atoms with van der Waals surface area (Å²) in [6, 6.07) is 0. The van der Waals surface area contributed by atoms with Crippen LogP contribution in [0.5, 0.6) is 0 Å². The van der Waals surface area contributed by atoms with Gasteiger partial charge in [0.25, 0.3) is 0 Å². The molecule has 2 rings (SSSR count). The predicted molar refractivity (Wildman–Crippen MR) is 55.0 cm³/mol. The van der Waals surface area contributed by atoms with Crippen LogP contribution < -0.4 is 0 Å². The zero-order valence-electron chi connectivity index (χ0n) is 8.37. The summed E-state index contributed by atoms with van der Waals surface area (Å²) < 4.78 is 10.6. The minimum Gasteiger partial charge on any atom is -0.479 e. The predicted octanol–water partition coefficient (Wildman–Crippen LogP) is 1.40. The summed E-state index contributed by atoms with van der Waals surface area (Å²) in [5.74, 6) is 1.86. The van der Waals surface area contributed by atoms with Gasteiger partial charge in [-0.05, 0) is 12.8 Å². The van der Waals surface area contributed by atoms with Crippen molar-refractivity contribution < 1.29 is 9.47 Å². The summed E-state index contributed by atoms with van der Waals surface area (Å²) in [4.78, 5) is 8.48. The highest BCUT2D eigenvalue weighted by atomic mass is 16.5. The molecule has 2 aliphatic heterocycles. The van der Waals surface area contributed by atoms with E-state index in [4.69, 9.17) is 9.47 Å². The van der Waals surface area contributed by atoms with Gasteiger partial charge in [0.1, 0.15) is 13.2 Å². The van der Waals surface area contributed by atoms with E-state index in [1.165, 1.54) is 0 Å². The number of aliphatic imine (C=N–C) groups is 2. The second-order valence-corrected chi connectivity index (χ2v) is 3.45. The highest BCUT2D eigenvalue weighted by molar-refractivity contribution is 5.78. The van der Waals surface area contributed by atoms with Crippen LogP contribution in [0.25, 0.3) is 0 Å². The molecular formula is C10H16N2O2. The Hall–Kier alpha value is -1.06. The molecular weight excluding hydrogens is 180 g/mol. The molecule has 0 saturated heterocycles. The number of hydrogen-bond acceptors (Lipinski definition) is 4. The van der Waals surface area contributed by atoms with Gasteiger partial charge in [-0.2, -0.15) is 0 Å². The van der Waals surface area contributed by atoms with Crippen molar-refractivity contribution in [2.45, 2.75) is 25.7 Å². The molecule has 0 saturated carbocycles. The van der Waals surface area contributed by atoms with Crippen LogP contribution in [0.1, 0.15) is 25.7 Å². The zero-order chi connectivity index (χ0) is 9.64. The molecule has 0 radical (unpaired) electrons. The molecule has 0 spiro atoms. The van der Waals surface area contributed by atoms with Gasteiger partial charge in [-0.3, -0.25) is 9.98 Å². The van der Waals surface area contributed by atoms with Gasteiger partial charge < -0.3 is 9.47 Å². The first-order valence-corrected chi connectivity index (χ1v) is 5.27. The van der Waals surface area contributed by atoms with Crippen molar-refractivity contribution in [2.75, 3.05) is 26.3 Å². The van der Waals surface area contributed by atoms with Crippen molar-refractivity contribution in [2.24, 2.45) is 9.98 Å². The molecule has 0 aromatic carbocycles. The van der Waals surface area contributed by atoms with Gasteiger partial charge in [-0.25, -0.2) is 0 Å². The fourth-order valence-corrected chi connectivity index (χ4v) is 1.61. The Balaban J connectivity index is 1.54. The molecule has 4 nitrogen and oxygen atoms in total. The fraction of sp³-hybridized carbons (Fsp3) is 0.800. The molecule has 0 N–H and O–H groups in total. The lowest BCUT2D eigenvalue weighted by molar-refractivity contribution is 0.332. The van der Waals surface area contributed by atoms with Crippen LogP contribution in [-0.4, -0.2) is 38.1 Å². The van der Waals surface area contributed by atoms with E-state index in [0.29, 0.717) is 0 Å². The SMILES string of the molecule is C(CCC1=NCCO1)CC1=NCCO1. The first-order chi connectivity index (χ1) is 6.95. The van der Waals surface area contributed by atoms with Gasteiger partial charge in [0.15, 0.2) is 11.8 Å². The largest absolute Gasteiger partial charge is 0.479 e. The van der Waals surface area contributed by atoms with Crippen LogP contribution in [0.2, 0.25) is 0 Å². The van der Waals surface area contributed by atoms with Crippen LogP contribution in [0, 0.1) is 0 Å².